The summed E-state index contributed by atoms with van der Waals surface area (Å²) >= 11 is 0. The lowest BCUT2D eigenvalue weighted by Crippen LogP contribution is -2.39. The Morgan fingerprint density at radius 3 is 2.24 bits per heavy atom. The average Bonchev–Trinajstić information content (AvgIpc) is 3.46. The van der Waals surface area contributed by atoms with Crippen LogP contribution in [0.4, 0.5) is 5.69 Å². The van der Waals surface area contributed by atoms with Crippen molar-refractivity contribution in [3.05, 3.63) is 29.8 Å². The summed E-state index contributed by atoms with van der Waals surface area (Å²) in [5.41, 5.74) is 5.16. The molecule has 0 bridgehead atoms. The van der Waals surface area contributed by atoms with Gasteiger partial charge in [-0.05, 0) is 50.3 Å². The van der Waals surface area contributed by atoms with Crippen LogP contribution >= 0.6 is 0 Å². The van der Waals surface area contributed by atoms with Gasteiger partial charge in [0.25, 0.3) is 0 Å². The van der Waals surface area contributed by atoms with Crippen LogP contribution in [0, 0.1) is 0 Å². The van der Waals surface area contributed by atoms with Crippen molar-refractivity contribution in [2.75, 3.05) is 18.0 Å². The molecule has 6 nitrogen and oxygen atoms in total. The molecule has 1 saturated heterocycles. The Bertz CT molecular complexity index is 642. The smallest absolute Gasteiger partial charge is 0.329 e. The van der Waals surface area contributed by atoms with Gasteiger partial charge in [-0.15, -0.1) is 0 Å². The number of nitrogens with one attached hydrogen (secondary N) is 2. The van der Waals surface area contributed by atoms with E-state index in [1.807, 2.05) is 19.1 Å². The molecule has 1 heterocycles. The van der Waals surface area contributed by atoms with Crippen molar-refractivity contribution in [3.63, 3.8) is 0 Å². The number of anilines is 1. The summed E-state index contributed by atoms with van der Waals surface area (Å²) in [5.74, 6) is -1.33. The normalized spacial score (nSPS) is 18.4. The number of benzene rings is 1. The van der Waals surface area contributed by atoms with Gasteiger partial charge in [0, 0.05) is 24.8 Å². The van der Waals surface area contributed by atoms with E-state index in [2.05, 4.69) is 32.9 Å². The largest absolute Gasteiger partial charge is 0.372 e. The second kappa shape index (κ2) is 8.14. The summed E-state index contributed by atoms with van der Waals surface area (Å²) in [6.45, 7) is 4.04. The van der Waals surface area contributed by atoms with Gasteiger partial charge >= 0.3 is 11.8 Å². The van der Waals surface area contributed by atoms with Crippen LogP contribution in [0.5, 0.6) is 0 Å². The summed E-state index contributed by atoms with van der Waals surface area (Å²) in [7, 11) is 0. The number of nitrogens with zero attached hydrogens (tertiary/aromatic N) is 2. The van der Waals surface area contributed by atoms with E-state index in [4.69, 9.17) is 0 Å². The van der Waals surface area contributed by atoms with Crippen molar-refractivity contribution >= 4 is 23.2 Å². The van der Waals surface area contributed by atoms with E-state index in [0.717, 1.165) is 31.5 Å². The maximum absolute atomic E-state index is 11.7. The van der Waals surface area contributed by atoms with E-state index >= 15 is 0 Å². The van der Waals surface area contributed by atoms with Crippen LogP contribution in [0.15, 0.2) is 29.4 Å². The molecule has 0 aromatic heterocycles. The van der Waals surface area contributed by atoms with Gasteiger partial charge in [0.15, 0.2) is 0 Å². The third-order valence-corrected chi connectivity index (χ3v) is 4.70. The van der Waals surface area contributed by atoms with E-state index in [-0.39, 0.29) is 6.04 Å². The average molecular weight is 342 g/mol. The van der Waals surface area contributed by atoms with Crippen LogP contribution in [-0.4, -0.2) is 36.7 Å². The highest BCUT2D eigenvalue weighted by molar-refractivity contribution is 6.35. The standard InChI is InChI=1S/C19H26N4O2/c1-14(21-22-19(25)18(24)20-16-8-9-16)15-6-10-17(11-7-15)23-12-4-2-3-5-13-23/h6-7,10-11,16H,2-5,8-9,12-13H2,1H3,(H,20,24)(H,22,25). The van der Waals surface area contributed by atoms with Gasteiger partial charge in [-0.25, -0.2) is 5.43 Å². The van der Waals surface area contributed by atoms with Gasteiger partial charge in [-0.3, -0.25) is 9.59 Å². The molecule has 2 amide bonds. The summed E-state index contributed by atoms with van der Waals surface area (Å²) in [5, 5.41) is 6.68. The zero-order chi connectivity index (χ0) is 17.6. The fraction of sp³-hybridized carbons (Fsp3) is 0.526. The van der Waals surface area contributed by atoms with Gasteiger partial charge in [0.05, 0.1) is 5.71 Å². The van der Waals surface area contributed by atoms with Crippen molar-refractivity contribution < 1.29 is 9.59 Å². The molecule has 0 radical (unpaired) electrons. The molecular formula is C19H26N4O2. The minimum atomic E-state index is -0.715. The van der Waals surface area contributed by atoms with Gasteiger partial charge in [0.2, 0.25) is 0 Å². The zero-order valence-corrected chi connectivity index (χ0v) is 14.8. The lowest BCUT2D eigenvalue weighted by Gasteiger charge is -2.22. The molecule has 1 aliphatic heterocycles. The number of amides is 2. The Morgan fingerprint density at radius 1 is 1.00 bits per heavy atom. The van der Waals surface area contributed by atoms with Crippen LogP contribution in [0.1, 0.15) is 51.0 Å². The molecule has 2 fully saturated rings. The minimum absolute atomic E-state index is 0.162. The fourth-order valence-electron chi connectivity index (χ4n) is 2.97. The van der Waals surface area contributed by atoms with E-state index in [1.165, 1.54) is 31.4 Å². The molecule has 2 aliphatic rings. The molecule has 0 unspecified atom stereocenters. The third kappa shape index (κ3) is 5.05. The van der Waals surface area contributed by atoms with E-state index in [1.54, 1.807) is 0 Å². The molecular weight excluding hydrogens is 316 g/mol. The number of hydrazone groups is 1. The van der Waals surface area contributed by atoms with Gasteiger partial charge in [0.1, 0.15) is 0 Å². The molecule has 1 aromatic carbocycles. The SMILES string of the molecule is CC(=NNC(=O)C(=O)NC1CC1)c1ccc(N2CCCCCC2)cc1. The van der Waals surface area contributed by atoms with E-state index in [0.29, 0.717) is 5.71 Å². The Balaban J connectivity index is 1.56. The van der Waals surface area contributed by atoms with Gasteiger partial charge in [-0.1, -0.05) is 25.0 Å². The zero-order valence-electron chi connectivity index (χ0n) is 14.8. The Kier molecular flexibility index (Phi) is 5.68. The second-order valence-electron chi connectivity index (χ2n) is 6.83. The maximum atomic E-state index is 11.7. The quantitative estimate of drug-likeness (QED) is 0.500. The molecule has 6 heteroatoms. The first-order valence-corrected chi connectivity index (χ1v) is 9.14. The molecule has 1 saturated carbocycles. The van der Waals surface area contributed by atoms with Crippen LogP contribution in [0.2, 0.25) is 0 Å². The van der Waals surface area contributed by atoms with Crippen molar-refractivity contribution in [2.45, 2.75) is 51.5 Å². The summed E-state index contributed by atoms with van der Waals surface area (Å²) in [6, 6.07) is 8.38. The lowest BCUT2D eigenvalue weighted by molar-refractivity contribution is -0.139. The lowest BCUT2D eigenvalue weighted by atomic mass is 10.1. The molecule has 3 rings (SSSR count). The van der Waals surface area contributed by atoms with Gasteiger partial charge < -0.3 is 10.2 Å². The number of hydrogen-bond acceptors (Lipinski definition) is 4. The number of carbonyl (C=O) groups is 2. The Hall–Kier alpha value is -2.37. The van der Waals surface area contributed by atoms with Crippen LogP contribution < -0.4 is 15.6 Å². The van der Waals surface area contributed by atoms with Crippen molar-refractivity contribution in [2.24, 2.45) is 5.10 Å². The summed E-state index contributed by atoms with van der Waals surface area (Å²) in [4.78, 5) is 25.7. The van der Waals surface area contributed by atoms with Crippen molar-refractivity contribution in [1.29, 1.82) is 0 Å². The number of rotatable bonds is 4. The van der Waals surface area contributed by atoms with Crippen LogP contribution in [0.25, 0.3) is 0 Å². The molecule has 0 spiro atoms. The van der Waals surface area contributed by atoms with E-state index < -0.39 is 11.8 Å². The predicted octanol–water partition coefficient (Wildman–Crippen LogP) is 2.19. The molecule has 1 aromatic rings. The highest BCUT2D eigenvalue weighted by Gasteiger charge is 2.26. The summed E-state index contributed by atoms with van der Waals surface area (Å²) in [6.07, 6.45) is 7.02. The Morgan fingerprint density at radius 2 is 1.64 bits per heavy atom. The van der Waals surface area contributed by atoms with Crippen molar-refractivity contribution in [1.82, 2.24) is 10.7 Å². The van der Waals surface area contributed by atoms with E-state index in [9.17, 15) is 9.59 Å². The fourth-order valence-corrected chi connectivity index (χ4v) is 2.97. The van der Waals surface area contributed by atoms with Crippen molar-refractivity contribution in [3.8, 4) is 0 Å². The first kappa shape index (κ1) is 17.5. The van der Waals surface area contributed by atoms with Gasteiger partial charge in [-0.2, -0.15) is 5.10 Å². The second-order valence-corrected chi connectivity index (χ2v) is 6.83. The monoisotopic (exact) mass is 342 g/mol. The number of hydrogen-bond donors (Lipinski definition) is 2. The minimum Gasteiger partial charge on any atom is -0.372 e. The molecule has 2 N–H and O–H groups in total. The highest BCUT2D eigenvalue weighted by atomic mass is 16.2. The molecule has 134 valence electrons. The topological polar surface area (TPSA) is 73.8 Å². The maximum Gasteiger partial charge on any atom is 0.329 e. The Labute approximate surface area is 148 Å². The highest BCUT2D eigenvalue weighted by Crippen LogP contribution is 2.20. The first-order valence-electron chi connectivity index (χ1n) is 9.14. The van der Waals surface area contributed by atoms with Crippen LogP contribution in [0.3, 0.4) is 0 Å². The molecule has 0 atom stereocenters. The van der Waals surface area contributed by atoms with Crippen LogP contribution in [-0.2, 0) is 9.59 Å². The predicted molar refractivity (Wildman–Crippen MR) is 98.6 cm³/mol. The number of carbonyl (C=O) groups excluding carboxylic acids is 2. The first-order chi connectivity index (χ1) is 12.1. The third-order valence-electron chi connectivity index (χ3n) is 4.70. The molecule has 1 aliphatic carbocycles. The summed E-state index contributed by atoms with van der Waals surface area (Å²) < 4.78 is 0. The molecule has 25 heavy (non-hydrogen) atoms.